The van der Waals surface area contributed by atoms with Gasteiger partial charge in [0.1, 0.15) is 17.5 Å². The number of hydrogen-bond acceptors (Lipinski definition) is 8. The van der Waals surface area contributed by atoms with E-state index in [0.717, 1.165) is 32.7 Å². The van der Waals surface area contributed by atoms with E-state index in [2.05, 4.69) is 10.3 Å². The molecule has 2 aromatic heterocycles. The number of aromatic nitrogens is 1. The van der Waals surface area contributed by atoms with E-state index < -0.39 is 35.4 Å². The lowest BCUT2D eigenvalue weighted by atomic mass is 9.93. The number of benzene rings is 2. The van der Waals surface area contributed by atoms with Crippen LogP contribution in [0.1, 0.15) is 66.4 Å². The highest BCUT2D eigenvalue weighted by molar-refractivity contribution is 7.13. The van der Waals surface area contributed by atoms with Gasteiger partial charge >= 0.3 is 5.97 Å². The van der Waals surface area contributed by atoms with Crippen LogP contribution in [0.3, 0.4) is 0 Å². The summed E-state index contributed by atoms with van der Waals surface area (Å²) in [6.07, 6.45) is 1.70. The molecule has 4 aromatic rings. The number of ether oxygens (including phenoxy) is 1. The maximum absolute atomic E-state index is 14.2. The van der Waals surface area contributed by atoms with Gasteiger partial charge in [0, 0.05) is 52.3 Å². The lowest BCUT2D eigenvalue weighted by Gasteiger charge is -2.22. The first-order valence-electron chi connectivity index (χ1n) is 14.9. The smallest absolute Gasteiger partial charge is 0.355 e. The monoisotopic (exact) mass is 639 g/mol. The number of aromatic carboxylic acids is 1. The minimum Gasteiger partial charge on any atom is -0.493 e. The summed E-state index contributed by atoms with van der Waals surface area (Å²) in [4.78, 5) is 58.7. The van der Waals surface area contributed by atoms with Crippen LogP contribution >= 0.6 is 11.3 Å². The molecule has 2 aromatic carbocycles. The average Bonchev–Trinajstić information content (AvgIpc) is 3.69. The third-order valence-corrected chi connectivity index (χ3v) is 9.49. The van der Waals surface area contributed by atoms with Crippen molar-refractivity contribution in [1.29, 1.82) is 0 Å². The van der Waals surface area contributed by atoms with Crippen LogP contribution in [0, 0.1) is 13.8 Å². The van der Waals surface area contributed by atoms with Crippen molar-refractivity contribution in [3.05, 3.63) is 87.0 Å². The summed E-state index contributed by atoms with van der Waals surface area (Å²) in [6.45, 7) is 4.84. The van der Waals surface area contributed by atoms with Crippen molar-refractivity contribution >= 4 is 40.7 Å². The summed E-state index contributed by atoms with van der Waals surface area (Å²) in [7, 11) is 0. The van der Waals surface area contributed by atoms with Gasteiger partial charge in [-0.1, -0.05) is 12.1 Å². The fourth-order valence-corrected chi connectivity index (χ4v) is 7.26. The lowest BCUT2D eigenvalue weighted by Crippen LogP contribution is -2.44. The van der Waals surface area contributed by atoms with Crippen LogP contribution in [-0.2, 0) is 17.8 Å². The number of likely N-dealkylation sites (tertiary alicyclic amines) is 1. The number of carbonyl (C=O) groups excluding carboxylic acids is 3. The van der Waals surface area contributed by atoms with Gasteiger partial charge in [0.05, 0.1) is 6.61 Å². The zero-order chi connectivity index (χ0) is 32.7. The Morgan fingerprint density at radius 2 is 1.83 bits per heavy atom. The summed E-state index contributed by atoms with van der Waals surface area (Å²) < 4.78 is 6.12. The van der Waals surface area contributed by atoms with E-state index in [-0.39, 0.29) is 22.4 Å². The number of pyridine rings is 1. The number of nitrogens with zero attached hydrogens (tertiary/aromatic N) is 2. The maximum Gasteiger partial charge on any atom is 0.355 e. The number of nitrogens with one attached hydrogen (secondary N) is 1. The molecule has 12 heteroatoms. The number of carbonyl (C=O) groups is 4. The molecule has 0 spiro atoms. The number of thiophene rings is 1. The van der Waals surface area contributed by atoms with Crippen molar-refractivity contribution in [3.8, 4) is 27.3 Å². The molecule has 1 fully saturated rings. The first-order chi connectivity index (χ1) is 22.1. The van der Waals surface area contributed by atoms with Crippen molar-refractivity contribution in [2.75, 3.05) is 18.5 Å². The van der Waals surface area contributed by atoms with Gasteiger partial charge in [-0.3, -0.25) is 14.4 Å². The zero-order valence-corrected chi connectivity index (χ0v) is 26.2. The van der Waals surface area contributed by atoms with Crippen LogP contribution in [0.2, 0.25) is 0 Å². The summed E-state index contributed by atoms with van der Waals surface area (Å²) in [6, 6.07) is 11.4. The Bertz CT molecular complexity index is 1890. The highest BCUT2D eigenvalue weighted by Gasteiger charge is 2.35. The van der Waals surface area contributed by atoms with Crippen LogP contribution in [-0.4, -0.2) is 57.9 Å². The molecule has 0 unspecified atom stereocenters. The molecule has 6 rings (SSSR count). The largest absolute Gasteiger partial charge is 0.493 e. The van der Waals surface area contributed by atoms with E-state index in [9.17, 15) is 24.3 Å². The second-order valence-electron chi connectivity index (χ2n) is 11.5. The number of rotatable bonds is 7. The van der Waals surface area contributed by atoms with Gasteiger partial charge < -0.3 is 31.5 Å². The fourth-order valence-electron chi connectivity index (χ4n) is 6.29. The van der Waals surface area contributed by atoms with Gasteiger partial charge in [0.25, 0.3) is 11.8 Å². The topological polar surface area (TPSA) is 178 Å². The lowest BCUT2D eigenvalue weighted by molar-refractivity contribution is -0.121. The van der Waals surface area contributed by atoms with Gasteiger partial charge in [0.2, 0.25) is 5.91 Å². The molecule has 0 bridgehead atoms. The van der Waals surface area contributed by atoms with Crippen LogP contribution in [0.5, 0.6) is 5.75 Å². The normalized spacial score (nSPS) is 15.4. The predicted octanol–water partition coefficient (Wildman–Crippen LogP) is 4.53. The third-order valence-electron chi connectivity index (χ3n) is 8.50. The molecule has 1 atom stereocenters. The average molecular weight is 640 g/mol. The number of carboxylic acid groups (broad SMARTS) is 1. The van der Waals surface area contributed by atoms with E-state index in [4.69, 9.17) is 16.2 Å². The SMILES string of the molecule is Cc1cc(CN)cc(C)c1NC(=O)c1cc2c(cc1-c1ccc(C(=O)N3CCC[C@H]3C(N)=O)nc1C(=O)O)OCCc1ccsc1-2. The van der Waals surface area contributed by atoms with Gasteiger partial charge in [-0.05, 0) is 84.7 Å². The molecule has 2 aliphatic heterocycles. The van der Waals surface area contributed by atoms with Crippen molar-refractivity contribution < 1.29 is 29.0 Å². The Labute approximate surface area is 269 Å². The first-order valence-corrected chi connectivity index (χ1v) is 15.8. The van der Waals surface area contributed by atoms with Crippen molar-refractivity contribution in [2.45, 2.75) is 45.7 Å². The Balaban J connectivity index is 1.49. The molecular formula is C34H33N5O6S. The molecule has 0 aliphatic carbocycles. The van der Waals surface area contributed by atoms with Gasteiger partial charge in [-0.25, -0.2) is 9.78 Å². The van der Waals surface area contributed by atoms with E-state index in [1.807, 2.05) is 37.4 Å². The number of amides is 3. The molecule has 11 nitrogen and oxygen atoms in total. The second-order valence-corrected chi connectivity index (χ2v) is 12.4. The van der Waals surface area contributed by atoms with E-state index in [0.29, 0.717) is 50.4 Å². The molecule has 46 heavy (non-hydrogen) atoms. The molecule has 6 N–H and O–H groups in total. The third kappa shape index (κ3) is 5.61. The van der Waals surface area contributed by atoms with Gasteiger partial charge in [-0.2, -0.15) is 0 Å². The molecule has 0 saturated carbocycles. The zero-order valence-electron chi connectivity index (χ0n) is 25.4. The van der Waals surface area contributed by atoms with Crippen molar-refractivity contribution in [3.63, 3.8) is 0 Å². The molecule has 0 radical (unpaired) electrons. The number of primary amides is 1. The minimum absolute atomic E-state index is 0.135. The highest BCUT2D eigenvalue weighted by atomic mass is 32.1. The maximum atomic E-state index is 14.2. The fraction of sp³-hybridized carbons (Fsp3) is 0.265. The summed E-state index contributed by atoms with van der Waals surface area (Å²) in [5.41, 5.74) is 16.5. The predicted molar refractivity (Wildman–Crippen MR) is 174 cm³/mol. The van der Waals surface area contributed by atoms with Crippen LogP contribution in [0.25, 0.3) is 21.6 Å². The highest BCUT2D eigenvalue weighted by Crippen LogP contribution is 2.43. The van der Waals surface area contributed by atoms with Crippen LogP contribution in [0.4, 0.5) is 5.69 Å². The summed E-state index contributed by atoms with van der Waals surface area (Å²) in [5.74, 6) is -2.55. The number of aryl methyl sites for hydroxylation is 2. The van der Waals surface area contributed by atoms with E-state index in [1.54, 1.807) is 12.1 Å². The van der Waals surface area contributed by atoms with Crippen LogP contribution < -0.4 is 21.5 Å². The Hall–Kier alpha value is -5.07. The Morgan fingerprint density at radius 3 is 2.52 bits per heavy atom. The number of hydrogen-bond donors (Lipinski definition) is 4. The van der Waals surface area contributed by atoms with Crippen molar-refractivity contribution in [1.82, 2.24) is 9.88 Å². The number of carboxylic acids is 1. The van der Waals surface area contributed by atoms with Crippen molar-refractivity contribution in [2.24, 2.45) is 11.5 Å². The molecular weight excluding hydrogens is 606 g/mol. The van der Waals surface area contributed by atoms with E-state index in [1.165, 1.54) is 28.4 Å². The summed E-state index contributed by atoms with van der Waals surface area (Å²) in [5, 5.41) is 15.3. The van der Waals surface area contributed by atoms with E-state index >= 15 is 0 Å². The first kappa shape index (κ1) is 30.9. The number of fused-ring (bicyclic) bond motifs is 3. The van der Waals surface area contributed by atoms with Crippen LogP contribution in [0.15, 0.2) is 47.8 Å². The van der Waals surface area contributed by atoms with Gasteiger partial charge in [-0.15, -0.1) is 11.3 Å². The minimum atomic E-state index is -1.38. The van der Waals surface area contributed by atoms with Gasteiger partial charge in [0.15, 0.2) is 5.69 Å². The Kier molecular flexibility index (Phi) is 8.32. The molecule has 1 saturated heterocycles. The molecule has 4 heterocycles. The summed E-state index contributed by atoms with van der Waals surface area (Å²) >= 11 is 1.54. The quantitative estimate of drug-likeness (QED) is 0.228. The second kappa shape index (κ2) is 12.4. The number of anilines is 1. The standard InChI is InChI=1S/C34H33N5O6S/c1-17-12-19(16-35)13-18(2)28(17)38-32(41)23-14-24-27(45-10-7-20-8-11-46-30(20)24)15-22(23)21-5-6-25(37-29(21)34(43)44)33(42)39-9-3-4-26(39)31(36)40/h5-6,8,11-15,26H,3-4,7,9-10,16,35H2,1-2H3,(H2,36,40)(H,38,41)(H,43,44)/t26-/m0/s1. The molecule has 236 valence electrons. The molecule has 2 aliphatic rings. The molecule has 3 amide bonds. The number of nitrogens with two attached hydrogens (primary N) is 2. The Morgan fingerprint density at radius 1 is 1.07 bits per heavy atom.